The number of allylic oxidation sites excluding steroid dienone is 1. The summed E-state index contributed by atoms with van der Waals surface area (Å²) in [6.45, 7) is 4.32. The summed E-state index contributed by atoms with van der Waals surface area (Å²) >= 11 is 1.31. The van der Waals surface area contributed by atoms with Gasteiger partial charge in [-0.3, -0.25) is 9.36 Å². The number of ether oxygens (including phenoxy) is 1. The quantitative estimate of drug-likeness (QED) is 0.229. The van der Waals surface area contributed by atoms with Gasteiger partial charge in [-0.05, 0) is 23.6 Å². The van der Waals surface area contributed by atoms with E-state index in [-0.39, 0.29) is 11.7 Å². The van der Waals surface area contributed by atoms with Gasteiger partial charge in [0.25, 0.3) is 0 Å². The third-order valence-corrected chi connectivity index (χ3v) is 6.34. The van der Waals surface area contributed by atoms with Crippen molar-refractivity contribution in [3.63, 3.8) is 0 Å². The number of hydrogen-bond acceptors (Lipinski definition) is 6. The molecular weight excluding hydrogens is 448 g/mol. The van der Waals surface area contributed by atoms with E-state index in [1.807, 2.05) is 71.3 Å². The molecule has 0 saturated carbocycles. The van der Waals surface area contributed by atoms with E-state index in [1.54, 1.807) is 13.2 Å². The summed E-state index contributed by atoms with van der Waals surface area (Å²) < 4.78 is 13.3. The van der Waals surface area contributed by atoms with Crippen molar-refractivity contribution in [2.24, 2.45) is 0 Å². The standard InChI is InChI=1S/C26H22N4O3S/c1-3-14-30-25(22-15-18-10-7-13-21(32-2)24(18)33-22)28-29-26(30)34-16-23(31)27-20-12-6-9-17-8-4-5-11-19(17)20/h3-13,15H,1,14,16H2,2H3,(H,27,31). The molecule has 170 valence electrons. The van der Waals surface area contributed by atoms with Crippen LogP contribution < -0.4 is 10.1 Å². The predicted octanol–water partition coefficient (Wildman–Crippen LogP) is 5.77. The Balaban J connectivity index is 1.36. The van der Waals surface area contributed by atoms with E-state index < -0.39 is 0 Å². The molecular formula is C26H22N4O3S. The van der Waals surface area contributed by atoms with Gasteiger partial charge in [-0.15, -0.1) is 16.8 Å². The van der Waals surface area contributed by atoms with Gasteiger partial charge in [0.15, 0.2) is 22.2 Å². The molecule has 34 heavy (non-hydrogen) atoms. The Morgan fingerprint density at radius 2 is 1.91 bits per heavy atom. The summed E-state index contributed by atoms with van der Waals surface area (Å²) in [7, 11) is 1.61. The number of fused-ring (bicyclic) bond motifs is 2. The molecule has 1 N–H and O–H groups in total. The van der Waals surface area contributed by atoms with Crippen LogP contribution in [0.25, 0.3) is 33.3 Å². The molecule has 8 heteroatoms. The fraction of sp³-hybridized carbons (Fsp3) is 0.115. The Morgan fingerprint density at radius 3 is 2.76 bits per heavy atom. The van der Waals surface area contributed by atoms with Crippen LogP contribution in [0, 0.1) is 0 Å². The van der Waals surface area contributed by atoms with Crippen molar-refractivity contribution in [2.45, 2.75) is 11.7 Å². The zero-order valence-corrected chi connectivity index (χ0v) is 19.3. The normalized spacial score (nSPS) is 11.1. The van der Waals surface area contributed by atoms with Gasteiger partial charge in [-0.2, -0.15) is 0 Å². The first kappa shape index (κ1) is 21.8. The molecule has 0 aliphatic rings. The lowest BCUT2D eigenvalue weighted by Gasteiger charge is -2.09. The Morgan fingerprint density at radius 1 is 1.12 bits per heavy atom. The van der Waals surface area contributed by atoms with Gasteiger partial charge in [0.05, 0.1) is 12.9 Å². The van der Waals surface area contributed by atoms with Crippen molar-refractivity contribution >= 4 is 45.1 Å². The van der Waals surface area contributed by atoms with Crippen molar-refractivity contribution in [2.75, 3.05) is 18.2 Å². The Kier molecular flexibility index (Phi) is 6.05. The maximum Gasteiger partial charge on any atom is 0.234 e. The molecule has 3 aromatic carbocycles. The first-order valence-electron chi connectivity index (χ1n) is 10.7. The second kappa shape index (κ2) is 9.44. The molecule has 7 nitrogen and oxygen atoms in total. The number of aromatic nitrogens is 3. The lowest BCUT2D eigenvalue weighted by molar-refractivity contribution is -0.113. The molecule has 5 rings (SSSR count). The van der Waals surface area contributed by atoms with Gasteiger partial charge in [0.2, 0.25) is 11.7 Å². The van der Waals surface area contributed by atoms with Crippen molar-refractivity contribution in [3.8, 4) is 17.3 Å². The van der Waals surface area contributed by atoms with Gasteiger partial charge in [-0.25, -0.2) is 0 Å². The molecule has 2 aromatic heterocycles. The number of amides is 1. The average Bonchev–Trinajstić information content (AvgIpc) is 3.47. The Hall–Kier alpha value is -4.04. The molecule has 0 saturated heterocycles. The smallest absolute Gasteiger partial charge is 0.234 e. The average molecular weight is 471 g/mol. The van der Waals surface area contributed by atoms with Crippen molar-refractivity contribution in [1.29, 1.82) is 0 Å². The zero-order valence-electron chi connectivity index (χ0n) is 18.5. The molecule has 0 radical (unpaired) electrons. The first-order chi connectivity index (χ1) is 16.7. The van der Waals surface area contributed by atoms with E-state index >= 15 is 0 Å². The van der Waals surface area contributed by atoms with E-state index in [9.17, 15) is 4.79 Å². The number of hydrogen-bond donors (Lipinski definition) is 1. The van der Waals surface area contributed by atoms with E-state index in [1.165, 1.54) is 11.8 Å². The van der Waals surface area contributed by atoms with Gasteiger partial charge in [0.1, 0.15) is 0 Å². The van der Waals surface area contributed by atoms with E-state index in [4.69, 9.17) is 9.15 Å². The largest absolute Gasteiger partial charge is 0.493 e. The van der Waals surface area contributed by atoms with Crippen LogP contribution in [0.2, 0.25) is 0 Å². The minimum atomic E-state index is -0.121. The third-order valence-electron chi connectivity index (χ3n) is 5.37. The van der Waals surface area contributed by atoms with Gasteiger partial charge < -0.3 is 14.5 Å². The lowest BCUT2D eigenvalue weighted by Crippen LogP contribution is -2.15. The van der Waals surface area contributed by atoms with Gasteiger partial charge in [-0.1, -0.05) is 66.4 Å². The van der Waals surface area contributed by atoms with Crippen LogP contribution in [0.15, 0.2) is 89.0 Å². The number of thioether (sulfide) groups is 1. The Bertz CT molecular complexity index is 1500. The first-order valence-corrected chi connectivity index (χ1v) is 11.7. The van der Waals surface area contributed by atoms with Gasteiger partial charge in [0, 0.05) is 23.0 Å². The van der Waals surface area contributed by atoms with Crippen molar-refractivity contribution in [1.82, 2.24) is 14.8 Å². The molecule has 2 heterocycles. The molecule has 1 amide bonds. The third kappa shape index (κ3) is 4.15. The minimum absolute atomic E-state index is 0.121. The maximum absolute atomic E-state index is 12.7. The number of nitrogens with zero attached hydrogens (tertiary/aromatic N) is 3. The lowest BCUT2D eigenvalue weighted by atomic mass is 10.1. The number of benzene rings is 3. The van der Waals surface area contributed by atoms with Crippen LogP contribution in [0.4, 0.5) is 5.69 Å². The van der Waals surface area contributed by atoms with Crippen LogP contribution >= 0.6 is 11.8 Å². The number of anilines is 1. The molecule has 0 atom stereocenters. The molecule has 0 fully saturated rings. The fourth-order valence-electron chi connectivity index (χ4n) is 3.83. The van der Waals surface area contributed by atoms with Crippen LogP contribution in [-0.4, -0.2) is 33.5 Å². The summed E-state index contributed by atoms with van der Waals surface area (Å²) in [5, 5.41) is 15.2. The second-order valence-corrected chi connectivity index (χ2v) is 8.50. The zero-order chi connectivity index (χ0) is 23.5. The maximum atomic E-state index is 12.7. The molecule has 0 bridgehead atoms. The number of carbonyl (C=O) groups excluding carboxylic acids is 1. The highest BCUT2D eigenvalue weighted by molar-refractivity contribution is 7.99. The minimum Gasteiger partial charge on any atom is -0.493 e. The number of furan rings is 1. The SMILES string of the molecule is C=CCn1c(SCC(=O)Nc2cccc3ccccc23)nnc1-c1cc2cccc(OC)c2o1. The summed E-state index contributed by atoms with van der Waals surface area (Å²) in [5.41, 5.74) is 1.44. The highest BCUT2D eigenvalue weighted by Gasteiger charge is 2.19. The van der Waals surface area contributed by atoms with E-state index in [0.717, 1.165) is 21.8 Å². The number of nitrogens with one attached hydrogen (secondary N) is 1. The molecule has 0 spiro atoms. The molecule has 0 unspecified atom stereocenters. The predicted molar refractivity (Wildman–Crippen MR) is 135 cm³/mol. The molecule has 0 aliphatic carbocycles. The van der Waals surface area contributed by atoms with Crippen molar-refractivity contribution < 1.29 is 13.9 Å². The van der Waals surface area contributed by atoms with Crippen LogP contribution in [0.5, 0.6) is 5.75 Å². The van der Waals surface area contributed by atoms with E-state index in [2.05, 4.69) is 22.1 Å². The topological polar surface area (TPSA) is 82.2 Å². The summed E-state index contributed by atoms with van der Waals surface area (Å²) in [6, 6.07) is 21.4. The highest BCUT2D eigenvalue weighted by Crippen LogP contribution is 2.34. The summed E-state index contributed by atoms with van der Waals surface area (Å²) in [5.74, 6) is 1.85. The number of methoxy groups -OCH3 is 1. The monoisotopic (exact) mass is 470 g/mol. The summed E-state index contributed by atoms with van der Waals surface area (Å²) in [6.07, 6.45) is 1.76. The molecule has 5 aromatic rings. The fourth-order valence-corrected chi connectivity index (χ4v) is 4.58. The molecule has 0 aliphatic heterocycles. The van der Waals surface area contributed by atoms with Crippen molar-refractivity contribution in [3.05, 3.63) is 79.4 Å². The summed E-state index contributed by atoms with van der Waals surface area (Å²) in [4.78, 5) is 12.7. The van der Waals surface area contributed by atoms with Crippen LogP contribution in [-0.2, 0) is 11.3 Å². The van der Waals surface area contributed by atoms with Crippen LogP contribution in [0.3, 0.4) is 0 Å². The second-order valence-electron chi connectivity index (χ2n) is 7.56. The number of carbonyl (C=O) groups is 1. The van der Waals surface area contributed by atoms with E-state index in [0.29, 0.717) is 34.6 Å². The number of para-hydroxylation sites is 1. The van der Waals surface area contributed by atoms with Gasteiger partial charge >= 0.3 is 0 Å². The Labute approximate surface area is 200 Å². The highest BCUT2D eigenvalue weighted by atomic mass is 32.2. The number of rotatable bonds is 8. The van der Waals surface area contributed by atoms with Crippen LogP contribution in [0.1, 0.15) is 0 Å².